The molecule has 1 N–H and O–H groups in total. The van der Waals surface area contributed by atoms with Crippen LogP contribution in [-0.4, -0.2) is 10.2 Å². The lowest BCUT2D eigenvalue weighted by Crippen LogP contribution is -1.88. The van der Waals surface area contributed by atoms with Crippen LogP contribution < -0.4 is 0 Å². The minimum atomic E-state index is 0.451. The highest BCUT2D eigenvalue weighted by Crippen LogP contribution is 2.28. The van der Waals surface area contributed by atoms with Gasteiger partial charge in [0, 0.05) is 10.4 Å². The average Bonchev–Trinajstić information content (AvgIpc) is 2.48. The summed E-state index contributed by atoms with van der Waals surface area (Å²) in [7, 11) is 0. The molecule has 13 heavy (non-hydrogen) atoms. The molecule has 2 aromatic rings. The van der Waals surface area contributed by atoms with Gasteiger partial charge in [0.1, 0.15) is 0 Å². The summed E-state index contributed by atoms with van der Waals surface area (Å²) in [5.41, 5.74) is 2.17. The molecular formula is C10H11ClN2. The fraction of sp³-hybridized carbons (Fsp3) is 0.300. The number of rotatable bonds is 1. The molecule has 0 atom stereocenters. The molecule has 0 radical (unpaired) electrons. The fourth-order valence-electron chi connectivity index (χ4n) is 1.43. The molecule has 1 aromatic carbocycles. The van der Waals surface area contributed by atoms with Gasteiger partial charge in [-0.05, 0) is 23.6 Å². The van der Waals surface area contributed by atoms with Gasteiger partial charge in [-0.2, -0.15) is 5.10 Å². The van der Waals surface area contributed by atoms with Gasteiger partial charge in [-0.15, -0.1) is 0 Å². The van der Waals surface area contributed by atoms with Crippen LogP contribution in [0.25, 0.3) is 10.9 Å². The number of fused-ring (bicyclic) bond motifs is 1. The van der Waals surface area contributed by atoms with Crippen molar-refractivity contribution in [2.24, 2.45) is 0 Å². The molecule has 0 unspecified atom stereocenters. The third kappa shape index (κ3) is 1.42. The van der Waals surface area contributed by atoms with Crippen molar-refractivity contribution in [1.29, 1.82) is 0 Å². The van der Waals surface area contributed by atoms with Gasteiger partial charge >= 0.3 is 0 Å². The summed E-state index contributed by atoms with van der Waals surface area (Å²) in [4.78, 5) is 0. The first kappa shape index (κ1) is 8.57. The number of hydrogen-bond donors (Lipinski definition) is 1. The van der Waals surface area contributed by atoms with E-state index in [4.69, 9.17) is 11.6 Å². The number of aromatic amines is 1. The SMILES string of the molecule is CC(C)c1cc2cn[nH]c2cc1Cl. The minimum Gasteiger partial charge on any atom is -0.278 e. The monoisotopic (exact) mass is 194 g/mol. The minimum absolute atomic E-state index is 0.451. The summed E-state index contributed by atoms with van der Waals surface area (Å²) in [6, 6.07) is 4.02. The Balaban J connectivity index is 2.69. The van der Waals surface area contributed by atoms with Gasteiger partial charge in [0.2, 0.25) is 0 Å². The fourth-order valence-corrected chi connectivity index (χ4v) is 1.81. The smallest absolute Gasteiger partial charge is 0.0665 e. The summed E-state index contributed by atoms with van der Waals surface area (Å²) < 4.78 is 0. The van der Waals surface area contributed by atoms with Crippen LogP contribution >= 0.6 is 11.6 Å². The van der Waals surface area contributed by atoms with Crippen LogP contribution in [0.1, 0.15) is 25.3 Å². The van der Waals surface area contributed by atoms with E-state index < -0.39 is 0 Å². The van der Waals surface area contributed by atoms with Crippen LogP contribution in [0.5, 0.6) is 0 Å². The van der Waals surface area contributed by atoms with Gasteiger partial charge in [-0.25, -0.2) is 0 Å². The average molecular weight is 195 g/mol. The van der Waals surface area contributed by atoms with Crippen LogP contribution in [0, 0.1) is 0 Å². The summed E-state index contributed by atoms with van der Waals surface area (Å²) in [5, 5.41) is 8.78. The Labute approximate surface area is 81.9 Å². The van der Waals surface area contributed by atoms with Gasteiger partial charge in [0.05, 0.1) is 11.7 Å². The summed E-state index contributed by atoms with van der Waals surface area (Å²) in [6.07, 6.45) is 1.82. The number of halogens is 1. The van der Waals surface area contributed by atoms with E-state index in [-0.39, 0.29) is 0 Å². The van der Waals surface area contributed by atoms with Crippen LogP contribution in [0.2, 0.25) is 5.02 Å². The maximum atomic E-state index is 6.11. The second kappa shape index (κ2) is 3.04. The van der Waals surface area contributed by atoms with Crippen molar-refractivity contribution in [3.05, 3.63) is 28.9 Å². The first-order valence-electron chi connectivity index (χ1n) is 4.31. The van der Waals surface area contributed by atoms with Crippen molar-refractivity contribution >= 4 is 22.5 Å². The number of H-pyrrole nitrogens is 1. The second-order valence-corrected chi connectivity index (χ2v) is 3.89. The lowest BCUT2D eigenvalue weighted by atomic mass is 10.0. The van der Waals surface area contributed by atoms with Crippen LogP contribution in [0.4, 0.5) is 0 Å². The summed E-state index contributed by atoms with van der Waals surface area (Å²) in [6.45, 7) is 4.26. The highest BCUT2D eigenvalue weighted by atomic mass is 35.5. The predicted octanol–water partition coefficient (Wildman–Crippen LogP) is 3.34. The molecule has 0 spiro atoms. The molecule has 3 heteroatoms. The zero-order valence-corrected chi connectivity index (χ0v) is 8.39. The van der Waals surface area contributed by atoms with E-state index >= 15 is 0 Å². The molecule has 0 bridgehead atoms. The highest BCUT2D eigenvalue weighted by molar-refractivity contribution is 6.32. The zero-order valence-electron chi connectivity index (χ0n) is 7.63. The zero-order chi connectivity index (χ0) is 9.42. The molecule has 0 fully saturated rings. The van der Waals surface area contributed by atoms with Gasteiger partial charge in [0.25, 0.3) is 0 Å². The van der Waals surface area contributed by atoms with Gasteiger partial charge in [-0.1, -0.05) is 25.4 Å². The third-order valence-corrected chi connectivity index (χ3v) is 2.51. The molecule has 68 valence electrons. The molecule has 0 amide bonds. The lowest BCUT2D eigenvalue weighted by molar-refractivity contribution is 0.869. The molecule has 0 saturated carbocycles. The number of hydrogen-bond acceptors (Lipinski definition) is 1. The van der Waals surface area contributed by atoms with E-state index in [9.17, 15) is 0 Å². The van der Waals surface area contributed by atoms with Crippen LogP contribution in [-0.2, 0) is 0 Å². The first-order chi connectivity index (χ1) is 6.18. The van der Waals surface area contributed by atoms with E-state index in [0.717, 1.165) is 15.9 Å². The Bertz CT molecular complexity index is 431. The number of aromatic nitrogens is 2. The van der Waals surface area contributed by atoms with E-state index in [1.807, 2.05) is 12.3 Å². The number of nitrogens with zero attached hydrogens (tertiary/aromatic N) is 1. The van der Waals surface area contributed by atoms with Crippen molar-refractivity contribution < 1.29 is 0 Å². The third-order valence-electron chi connectivity index (χ3n) is 2.18. The van der Waals surface area contributed by atoms with E-state index in [1.54, 1.807) is 0 Å². The number of benzene rings is 1. The predicted molar refractivity (Wildman–Crippen MR) is 55.2 cm³/mol. The van der Waals surface area contributed by atoms with E-state index in [2.05, 4.69) is 30.1 Å². The normalized spacial score (nSPS) is 11.4. The molecule has 0 aliphatic carbocycles. The quantitative estimate of drug-likeness (QED) is 0.741. The molecule has 2 rings (SSSR count). The van der Waals surface area contributed by atoms with Crippen molar-refractivity contribution in [2.75, 3.05) is 0 Å². The van der Waals surface area contributed by atoms with Gasteiger partial charge < -0.3 is 0 Å². The van der Waals surface area contributed by atoms with Crippen LogP contribution in [0.15, 0.2) is 18.3 Å². The molecule has 0 aliphatic heterocycles. The van der Waals surface area contributed by atoms with Crippen molar-refractivity contribution in [3.8, 4) is 0 Å². The molecule has 1 heterocycles. The molecule has 0 saturated heterocycles. The van der Waals surface area contributed by atoms with Crippen molar-refractivity contribution in [2.45, 2.75) is 19.8 Å². The Kier molecular flexibility index (Phi) is 2.00. The first-order valence-corrected chi connectivity index (χ1v) is 4.69. The maximum Gasteiger partial charge on any atom is 0.0665 e. The van der Waals surface area contributed by atoms with Crippen molar-refractivity contribution in [1.82, 2.24) is 10.2 Å². The van der Waals surface area contributed by atoms with Crippen molar-refractivity contribution in [3.63, 3.8) is 0 Å². The lowest BCUT2D eigenvalue weighted by Gasteiger charge is -2.07. The largest absolute Gasteiger partial charge is 0.278 e. The van der Waals surface area contributed by atoms with E-state index in [1.165, 1.54) is 5.56 Å². The summed E-state index contributed by atoms with van der Waals surface area (Å²) in [5.74, 6) is 0.451. The Hall–Kier alpha value is -1.02. The molecule has 2 nitrogen and oxygen atoms in total. The van der Waals surface area contributed by atoms with Crippen LogP contribution in [0.3, 0.4) is 0 Å². The Morgan fingerprint density at radius 1 is 1.38 bits per heavy atom. The highest BCUT2D eigenvalue weighted by Gasteiger charge is 2.07. The van der Waals surface area contributed by atoms with Gasteiger partial charge in [0.15, 0.2) is 0 Å². The molecule has 0 aliphatic rings. The molecular weight excluding hydrogens is 184 g/mol. The summed E-state index contributed by atoms with van der Waals surface area (Å²) >= 11 is 6.11. The standard InChI is InChI=1S/C10H11ClN2/c1-6(2)8-3-7-5-12-13-10(7)4-9(8)11/h3-6H,1-2H3,(H,12,13). The topological polar surface area (TPSA) is 28.7 Å². The molecule has 1 aromatic heterocycles. The number of nitrogens with one attached hydrogen (secondary N) is 1. The van der Waals surface area contributed by atoms with E-state index in [0.29, 0.717) is 5.92 Å². The second-order valence-electron chi connectivity index (χ2n) is 3.49. The Morgan fingerprint density at radius 2 is 2.15 bits per heavy atom. The Morgan fingerprint density at radius 3 is 2.85 bits per heavy atom. The van der Waals surface area contributed by atoms with Gasteiger partial charge in [-0.3, -0.25) is 5.10 Å². The maximum absolute atomic E-state index is 6.11.